The molecule has 0 aliphatic rings. The number of para-hydroxylation sites is 1. The van der Waals surface area contributed by atoms with Gasteiger partial charge in [-0.1, -0.05) is 18.2 Å². The van der Waals surface area contributed by atoms with Crippen LogP contribution in [0, 0.1) is 6.92 Å². The molecule has 0 bridgehead atoms. The van der Waals surface area contributed by atoms with Crippen LogP contribution in [-0.4, -0.2) is 34.0 Å². The molecule has 0 aliphatic carbocycles. The number of rotatable bonds is 5. The van der Waals surface area contributed by atoms with Crippen molar-refractivity contribution in [2.45, 2.75) is 6.92 Å². The maximum Gasteiger partial charge on any atom is 0.168 e. The zero-order chi connectivity index (χ0) is 18.8. The first-order valence-corrected chi connectivity index (χ1v) is 8.45. The lowest BCUT2D eigenvalue weighted by molar-refractivity contribution is 0.395. The fourth-order valence-electron chi connectivity index (χ4n) is 2.95. The maximum atomic E-state index is 5.46. The van der Waals surface area contributed by atoms with Crippen LogP contribution in [0.4, 0.5) is 11.5 Å². The van der Waals surface area contributed by atoms with E-state index < -0.39 is 0 Å². The summed E-state index contributed by atoms with van der Waals surface area (Å²) in [7, 11) is 3.24. The highest BCUT2D eigenvalue weighted by molar-refractivity contribution is 5.89. The Labute approximate surface area is 156 Å². The second-order valence-electron chi connectivity index (χ2n) is 5.99. The summed E-state index contributed by atoms with van der Waals surface area (Å²) in [4.78, 5) is 8.82. The molecule has 7 heteroatoms. The second kappa shape index (κ2) is 6.95. The molecule has 4 rings (SSSR count). The van der Waals surface area contributed by atoms with Crippen molar-refractivity contribution in [3.8, 4) is 17.2 Å². The first kappa shape index (κ1) is 16.8. The molecular formula is C20H19N5O2. The molecule has 2 aromatic carbocycles. The summed E-state index contributed by atoms with van der Waals surface area (Å²) >= 11 is 0. The van der Waals surface area contributed by atoms with Crippen molar-refractivity contribution in [3.05, 3.63) is 60.6 Å². The van der Waals surface area contributed by atoms with Crippen LogP contribution >= 0.6 is 0 Å². The van der Waals surface area contributed by atoms with Crippen LogP contribution in [0.2, 0.25) is 0 Å². The molecule has 0 amide bonds. The minimum absolute atomic E-state index is 0.656. The second-order valence-corrected chi connectivity index (χ2v) is 5.99. The number of methoxy groups -OCH3 is 2. The van der Waals surface area contributed by atoms with Crippen molar-refractivity contribution < 1.29 is 9.47 Å². The molecule has 2 heterocycles. The van der Waals surface area contributed by atoms with E-state index in [1.807, 2.05) is 54.1 Å². The van der Waals surface area contributed by atoms with Gasteiger partial charge in [-0.2, -0.15) is 5.10 Å². The Morgan fingerprint density at radius 1 is 1.00 bits per heavy atom. The third-order valence-electron chi connectivity index (χ3n) is 4.37. The Bertz CT molecular complexity index is 1110. The van der Waals surface area contributed by atoms with E-state index in [4.69, 9.17) is 9.47 Å². The molecule has 0 radical (unpaired) electrons. The highest BCUT2D eigenvalue weighted by Gasteiger charge is 2.14. The predicted octanol–water partition coefficient (Wildman–Crippen LogP) is 3.88. The van der Waals surface area contributed by atoms with Gasteiger partial charge in [-0.05, 0) is 30.7 Å². The molecule has 4 aromatic rings. The van der Waals surface area contributed by atoms with E-state index in [0.29, 0.717) is 11.6 Å². The third-order valence-corrected chi connectivity index (χ3v) is 4.37. The van der Waals surface area contributed by atoms with Crippen molar-refractivity contribution >= 4 is 22.5 Å². The van der Waals surface area contributed by atoms with Crippen molar-refractivity contribution in [2.24, 2.45) is 0 Å². The number of hydrogen-bond acceptors (Lipinski definition) is 6. The van der Waals surface area contributed by atoms with Crippen LogP contribution in [0.15, 0.2) is 55.0 Å². The smallest absolute Gasteiger partial charge is 0.168 e. The van der Waals surface area contributed by atoms with E-state index in [2.05, 4.69) is 20.4 Å². The van der Waals surface area contributed by atoms with Crippen molar-refractivity contribution in [1.29, 1.82) is 0 Å². The molecule has 1 N–H and O–H groups in total. The number of nitrogens with zero attached hydrogens (tertiary/aromatic N) is 4. The number of benzene rings is 2. The molecule has 2 aromatic heterocycles. The van der Waals surface area contributed by atoms with Gasteiger partial charge in [-0.15, -0.1) is 0 Å². The fraction of sp³-hybridized carbons (Fsp3) is 0.150. The summed E-state index contributed by atoms with van der Waals surface area (Å²) in [5.74, 6) is 2.04. The van der Waals surface area contributed by atoms with Gasteiger partial charge in [0.2, 0.25) is 0 Å². The van der Waals surface area contributed by atoms with E-state index in [1.165, 1.54) is 6.33 Å². The molecule has 0 fully saturated rings. The number of fused-ring (bicyclic) bond motifs is 1. The zero-order valence-electron chi connectivity index (χ0n) is 15.3. The third kappa shape index (κ3) is 3.03. The van der Waals surface area contributed by atoms with Gasteiger partial charge in [0.15, 0.2) is 5.65 Å². The number of hydrogen-bond donors (Lipinski definition) is 1. The average molecular weight is 361 g/mol. The molecule has 0 aliphatic heterocycles. The van der Waals surface area contributed by atoms with Crippen molar-refractivity contribution in [2.75, 3.05) is 19.5 Å². The topological polar surface area (TPSA) is 74.1 Å². The number of nitrogens with one attached hydrogen (secondary N) is 1. The first-order valence-electron chi connectivity index (χ1n) is 8.45. The summed E-state index contributed by atoms with van der Waals surface area (Å²) in [6.45, 7) is 2.05. The maximum absolute atomic E-state index is 5.46. The minimum atomic E-state index is 0.656. The lowest BCUT2D eigenvalue weighted by Gasteiger charge is -2.12. The van der Waals surface area contributed by atoms with E-state index in [1.54, 1.807) is 20.4 Å². The van der Waals surface area contributed by atoms with Gasteiger partial charge in [-0.25, -0.2) is 14.6 Å². The van der Waals surface area contributed by atoms with Crippen LogP contribution in [0.25, 0.3) is 16.7 Å². The van der Waals surface area contributed by atoms with E-state index in [0.717, 1.165) is 33.7 Å². The highest BCUT2D eigenvalue weighted by Crippen LogP contribution is 2.33. The number of aryl methyl sites for hydroxylation is 1. The molecule has 0 saturated carbocycles. The van der Waals surface area contributed by atoms with Crippen LogP contribution in [-0.2, 0) is 0 Å². The van der Waals surface area contributed by atoms with Crippen LogP contribution in [0.1, 0.15) is 5.56 Å². The normalized spacial score (nSPS) is 10.8. The lowest BCUT2D eigenvalue weighted by atomic mass is 10.2. The molecule has 7 nitrogen and oxygen atoms in total. The Morgan fingerprint density at radius 3 is 2.63 bits per heavy atom. The molecule has 0 unspecified atom stereocenters. The Hall–Kier alpha value is -3.61. The fourth-order valence-corrected chi connectivity index (χ4v) is 2.95. The van der Waals surface area contributed by atoms with Gasteiger partial charge in [0.05, 0.1) is 37.2 Å². The first-order chi connectivity index (χ1) is 13.2. The Balaban J connectivity index is 1.78. The summed E-state index contributed by atoms with van der Waals surface area (Å²) < 4.78 is 12.5. The zero-order valence-corrected chi connectivity index (χ0v) is 15.3. The number of ether oxygens (including phenoxy) is 2. The Morgan fingerprint density at radius 2 is 1.85 bits per heavy atom. The van der Waals surface area contributed by atoms with E-state index >= 15 is 0 Å². The summed E-state index contributed by atoms with van der Waals surface area (Å²) in [6, 6.07) is 13.6. The molecular weight excluding hydrogens is 342 g/mol. The van der Waals surface area contributed by atoms with Crippen LogP contribution in [0.3, 0.4) is 0 Å². The van der Waals surface area contributed by atoms with E-state index in [-0.39, 0.29) is 0 Å². The summed E-state index contributed by atoms with van der Waals surface area (Å²) in [5, 5.41) is 8.65. The minimum Gasteiger partial charge on any atom is -0.497 e. The standard InChI is InChI=1S/C20H19N5O2/c1-13-6-4-5-7-17(13)25-20-15(11-23-25)19(21-12-22-20)24-16-9-8-14(26-2)10-18(16)27-3/h4-12H,1-3H3,(H,21,22,24). The average Bonchev–Trinajstić information content (AvgIpc) is 3.13. The molecule has 136 valence electrons. The molecule has 27 heavy (non-hydrogen) atoms. The van der Waals surface area contributed by atoms with Gasteiger partial charge >= 0.3 is 0 Å². The Kier molecular flexibility index (Phi) is 4.33. The highest BCUT2D eigenvalue weighted by atomic mass is 16.5. The SMILES string of the molecule is COc1ccc(Nc2ncnc3c2cnn3-c2ccccc2C)c(OC)c1. The van der Waals surface area contributed by atoms with Crippen LogP contribution < -0.4 is 14.8 Å². The molecule has 0 spiro atoms. The number of anilines is 2. The van der Waals surface area contributed by atoms with Crippen molar-refractivity contribution in [3.63, 3.8) is 0 Å². The van der Waals surface area contributed by atoms with Gasteiger partial charge in [0.25, 0.3) is 0 Å². The lowest BCUT2D eigenvalue weighted by Crippen LogP contribution is -2.01. The van der Waals surface area contributed by atoms with E-state index in [9.17, 15) is 0 Å². The predicted molar refractivity (Wildman–Crippen MR) is 104 cm³/mol. The monoisotopic (exact) mass is 361 g/mol. The molecule has 0 atom stereocenters. The number of aromatic nitrogens is 4. The van der Waals surface area contributed by atoms with Crippen LogP contribution in [0.5, 0.6) is 11.5 Å². The van der Waals surface area contributed by atoms with Gasteiger partial charge in [0, 0.05) is 6.07 Å². The summed E-state index contributed by atoms with van der Waals surface area (Å²) in [5.41, 5.74) is 3.61. The molecule has 0 saturated heterocycles. The van der Waals surface area contributed by atoms with Crippen molar-refractivity contribution in [1.82, 2.24) is 19.7 Å². The summed E-state index contributed by atoms with van der Waals surface area (Å²) in [6.07, 6.45) is 3.29. The largest absolute Gasteiger partial charge is 0.497 e. The van der Waals surface area contributed by atoms with Gasteiger partial charge in [0.1, 0.15) is 23.6 Å². The quantitative estimate of drug-likeness (QED) is 0.581. The van der Waals surface area contributed by atoms with Gasteiger partial charge < -0.3 is 14.8 Å². The van der Waals surface area contributed by atoms with Gasteiger partial charge in [-0.3, -0.25) is 0 Å².